The van der Waals surface area contributed by atoms with E-state index in [0.717, 1.165) is 30.3 Å². The van der Waals surface area contributed by atoms with Gasteiger partial charge in [0.1, 0.15) is 0 Å². The van der Waals surface area contributed by atoms with Crippen LogP contribution in [0.1, 0.15) is 28.3 Å². The van der Waals surface area contributed by atoms with Crippen LogP contribution in [0.4, 0.5) is 0 Å². The molecule has 1 amide bonds. The number of hydrogen-bond donors (Lipinski definition) is 0. The zero-order chi connectivity index (χ0) is 14.8. The number of benzene rings is 2. The quantitative estimate of drug-likeness (QED) is 0.769. The summed E-state index contributed by atoms with van der Waals surface area (Å²) >= 11 is 3.46. The van der Waals surface area contributed by atoms with Gasteiger partial charge in [-0.2, -0.15) is 0 Å². The Balaban J connectivity index is 1.94. The maximum absolute atomic E-state index is 11.4. The predicted molar refractivity (Wildman–Crippen MR) is 88.2 cm³/mol. The summed E-state index contributed by atoms with van der Waals surface area (Å²) < 4.78 is 1.08. The van der Waals surface area contributed by atoms with Gasteiger partial charge in [0.05, 0.1) is 6.04 Å². The molecule has 1 atom stereocenters. The maximum atomic E-state index is 11.4. The SMILES string of the molecule is Cc1ccc2c(c1)CCN(C=O)[C@@H]2Cc1ccc(Br)cc1. The number of amides is 1. The Morgan fingerprint density at radius 2 is 2.00 bits per heavy atom. The Morgan fingerprint density at radius 1 is 1.24 bits per heavy atom. The van der Waals surface area contributed by atoms with Crippen LogP contribution in [0.3, 0.4) is 0 Å². The highest BCUT2D eigenvalue weighted by Gasteiger charge is 2.26. The van der Waals surface area contributed by atoms with Crippen LogP contribution in [-0.2, 0) is 17.6 Å². The molecule has 21 heavy (non-hydrogen) atoms. The molecule has 3 rings (SSSR count). The predicted octanol–water partition coefficient (Wildman–Crippen LogP) is 4.06. The largest absolute Gasteiger partial charge is 0.338 e. The highest BCUT2D eigenvalue weighted by molar-refractivity contribution is 9.10. The van der Waals surface area contributed by atoms with E-state index in [9.17, 15) is 4.79 Å². The molecule has 0 N–H and O–H groups in total. The van der Waals surface area contributed by atoms with E-state index in [0.29, 0.717) is 0 Å². The number of fused-ring (bicyclic) bond motifs is 1. The molecule has 0 radical (unpaired) electrons. The lowest BCUT2D eigenvalue weighted by Gasteiger charge is -2.35. The number of halogens is 1. The van der Waals surface area contributed by atoms with Crippen LogP contribution >= 0.6 is 15.9 Å². The van der Waals surface area contributed by atoms with Crippen LogP contribution in [0.15, 0.2) is 46.9 Å². The summed E-state index contributed by atoms with van der Waals surface area (Å²) in [6, 6.07) is 15.1. The fraction of sp³-hybridized carbons (Fsp3) is 0.278. The van der Waals surface area contributed by atoms with Crippen molar-refractivity contribution in [1.82, 2.24) is 4.90 Å². The molecule has 0 aliphatic carbocycles. The molecule has 2 nitrogen and oxygen atoms in total. The van der Waals surface area contributed by atoms with E-state index in [4.69, 9.17) is 0 Å². The van der Waals surface area contributed by atoms with Crippen molar-refractivity contribution in [2.24, 2.45) is 0 Å². The third kappa shape index (κ3) is 3.03. The number of carbonyl (C=O) groups is 1. The Kier molecular flexibility index (Phi) is 4.11. The summed E-state index contributed by atoms with van der Waals surface area (Å²) in [6.45, 7) is 2.93. The van der Waals surface area contributed by atoms with Crippen molar-refractivity contribution in [2.75, 3.05) is 6.54 Å². The first-order valence-electron chi connectivity index (χ1n) is 7.22. The molecule has 1 heterocycles. The fourth-order valence-corrected chi connectivity index (χ4v) is 3.32. The van der Waals surface area contributed by atoms with E-state index in [1.165, 1.54) is 22.3 Å². The van der Waals surface area contributed by atoms with Crippen LogP contribution in [0.25, 0.3) is 0 Å². The van der Waals surface area contributed by atoms with Crippen molar-refractivity contribution in [3.63, 3.8) is 0 Å². The first-order valence-corrected chi connectivity index (χ1v) is 8.01. The second kappa shape index (κ2) is 6.02. The molecule has 0 bridgehead atoms. The third-order valence-corrected chi connectivity index (χ3v) is 4.70. The molecule has 2 aromatic carbocycles. The van der Waals surface area contributed by atoms with Gasteiger partial charge >= 0.3 is 0 Å². The number of rotatable bonds is 3. The lowest BCUT2D eigenvalue weighted by Crippen LogP contribution is -2.35. The molecule has 3 heteroatoms. The molecule has 0 fully saturated rings. The average molecular weight is 344 g/mol. The van der Waals surface area contributed by atoms with Crippen LogP contribution < -0.4 is 0 Å². The van der Waals surface area contributed by atoms with Gasteiger partial charge in [-0.15, -0.1) is 0 Å². The summed E-state index contributed by atoms with van der Waals surface area (Å²) in [5, 5.41) is 0. The zero-order valence-corrected chi connectivity index (χ0v) is 13.6. The highest BCUT2D eigenvalue weighted by Crippen LogP contribution is 2.32. The zero-order valence-electron chi connectivity index (χ0n) is 12.1. The summed E-state index contributed by atoms with van der Waals surface area (Å²) in [5.41, 5.74) is 5.22. The monoisotopic (exact) mass is 343 g/mol. The number of aryl methyl sites for hydroxylation is 1. The van der Waals surface area contributed by atoms with Gasteiger partial charge in [-0.25, -0.2) is 0 Å². The first-order chi connectivity index (χ1) is 10.2. The Labute approximate surface area is 133 Å². The minimum Gasteiger partial charge on any atom is -0.338 e. The normalized spacial score (nSPS) is 17.4. The molecule has 0 saturated carbocycles. The molecule has 2 aromatic rings. The number of nitrogens with zero attached hydrogens (tertiary/aromatic N) is 1. The highest BCUT2D eigenvalue weighted by atomic mass is 79.9. The van der Waals surface area contributed by atoms with E-state index < -0.39 is 0 Å². The topological polar surface area (TPSA) is 20.3 Å². The van der Waals surface area contributed by atoms with Gasteiger partial charge in [-0.05, 0) is 48.6 Å². The van der Waals surface area contributed by atoms with Gasteiger partial charge in [0.25, 0.3) is 0 Å². The van der Waals surface area contributed by atoms with Crippen molar-refractivity contribution in [1.29, 1.82) is 0 Å². The molecule has 108 valence electrons. The summed E-state index contributed by atoms with van der Waals surface area (Å²) in [6.07, 6.45) is 2.81. The van der Waals surface area contributed by atoms with Gasteiger partial charge in [-0.1, -0.05) is 51.8 Å². The fourth-order valence-electron chi connectivity index (χ4n) is 3.06. The van der Waals surface area contributed by atoms with Gasteiger partial charge < -0.3 is 4.90 Å². The number of hydrogen-bond acceptors (Lipinski definition) is 1. The second-order valence-corrected chi connectivity index (χ2v) is 6.56. The molecule has 0 aromatic heterocycles. The minimum atomic E-state index is 0.146. The van der Waals surface area contributed by atoms with Gasteiger partial charge in [0.15, 0.2) is 0 Å². The molecule has 1 aliphatic heterocycles. The van der Waals surface area contributed by atoms with Crippen molar-refractivity contribution < 1.29 is 4.79 Å². The van der Waals surface area contributed by atoms with E-state index in [-0.39, 0.29) is 6.04 Å². The van der Waals surface area contributed by atoms with Crippen molar-refractivity contribution in [3.8, 4) is 0 Å². The van der Waals surface area contributed by atoms with Crippen LogP contribution in [-0.4, -0.2) is 17.9 Å². The van der Waals surface area contributed by atoms with Gasteiger partial charge in [0, 0.05) is 11.0 Å². The maximum Gasteiger partial charge on any atom is 0.210 e. The standard InChI is InChI=1S/C18H18BrNO/c1-13-2-7-17-15(10-13)8-9-20(12-21)18(17)11-14-3-5-16(19)6-4-14/h2-7,10,12,18H,8-9,11H2,1H3/t18-/m1/s1. The molecule has 0 saturated heterocycles. The van der Waals surface area contributed by atoms with Gasteiger partial charge in [0.2, 0.25) is 6.41 Å². The minimum absolute atomic E-state index is 0.146. The average Bonchev–Trinajstić information content (AvgIpc) is 2.49. The second-order valence-electron chi connectivity index (χ2n) is 5.64. The van der Waals surface area contributed by atoms with E-state index >= 15 is 0 Å². The molecule has 0 unspecified atom stereocenters. The summed E-state index contributed by atoms with van der Waals surface area (Å²) in [7, 11) is 0. The molecule has 0 spiro atoms. The third-order valence-electron chi connectivity index (χ3n) is 4.17. The smallest absolute Gasteiger partial charge is 0.210 e. The van der Waals surface area contributed by atoms with Gasteiger partial charge in [-0.3, -0.25) is 4.79 Å². The first kappa shape index (κ1) is 14.3. The van der Waals surface area contributed by atoms with E-state index in [1.807, 2.05) is 4.90 Å². The van der Waals surface area contributed by atoms with Crippen molar-refractivity contribution in [2.45, 2.75) is 25.8 Å². The van der Waals surface area contributed by atoms with Crippen LogP contribution in [0, 0.1) is 6.92 Å². The Morgan fingerprint density at radius 3 is 2.71 bits per heavy atom. The lowest BCUT2D eigenvalue weighted by molar-refractivity contribution is -0.120. The Hall–Kier alpha value is -1.61. The van der Waals surface area contributed by atoms with Crippen molar-refractivity contribution >= 4 is 22.3 Å². The summed E-state index contributed by atoms with van der Waals surface area (Å²) in [4.78, 5) is 13.3. The van der Waals surface area contributed by atoms with Crippen molar-refractivity contribution in [3.05, 3.63) is 69.2 Å². The van der Waals surface area contributed by atoms with E-state index in [1.54, 1.807) is 0 Å². The Bertz CT molecular complexity index is 651. The van der Waals surface area contributed by atoms with E-state index in [2.05, 4.69) is 65.3 Å². The molecular formula is C18H18BrNO. The summed E-state index contributed by atoms with van der Waals surface area (Å²) in [5.74, 6) is 0. The van der Waals surface area contributed by atoms with Crippen LogP contribution in [0.5, 0.6) is 0 Å². The van der Waals surface area contributed by atoms with Crippen LogP contribution in [0.2, 0.25) is 0 Å². The molecular weight excluding hydrogens is 326 g/mol. The lowest BCUT2D eigenvalue weighted by atomic mass is 9.88. The number of carbonyl (C=O) groups excluding carboxylic acids is 1. The molecule has 1 aliphatic rings.